The summed E-state index contributed by atoms with van der Waals surface area (Å²) in [4.78, 5) is 23.0. The number of carbonyl (C=O) groups excluding carboxylic acids is 1. The monoisotopic (exact) mass is 406 g/mol. The third kappa shape index (κ3) is 4.55. The van der Waals surface area contributed by atoms with Gasteiger partial charge in [-0.05, 0) is 42.0 Å². The van der Waals surface area contributed by atoms with Gasteiger partial charge in [0.05, 0.1) is 5.69 Å². The summed E-state index contributed by atoms with van der Waals surface area (Å²) in [6, 6.07) is 16.6. The second kappa shape index (κ2) is 8.32. The first-order valence-electron chi connectivity index (χ1n) is 9.10. The van der Waals surface area contributed by atoms with E-state index in [4.69, 9.17) is 16.3 Å². The highest BCUT2D eigenvalue weighted by atomic mass is 35.5. The summed E-state index contributed by atoms with van der Waals surface area (Å²) in [5.41, 5.74) is 3.15. The Labute approximate surface area is 173 Å². The third-order valence-electron chi connectivity index (χ3n) is 4.44. The molecular weight excluding hydrogens is 388 g/mol. The van der Waals surface area contributed by atoms with Crippen LogP contribution < -0.4 is 4.74 Å². The molecule has 0 atom stereocenters. The summed E-state index contributed by atoms with van der Waals surface area (Å²) in [6.07, 6.45) is 5.54. The van der Waals surface area contributed by atoms with Crippen molar-refractivity contribution in [2.24, 2.45) is 0 Å². The molecule has 0 saturated heterocycles. The van der Waals surface area contributed by atoms with Crippen LogP contribution in [0.5, 0.6) is 5.75 Å². The number of hydrogen-bond donors (Lipinski definition) is 0. The lowest BCUT2D eigenvalue weighted by Crippen LogP contribution is -2.26. The molecule has 0 bridgehead atoms. The van der Waals surface area contributed by atoms with E-state index >= 15 is 0 Å². The molecule has 1 aromatic carbocycles. The summed E-state index contributed by atoms with van der Waals surface area (Å²) < 4.78 is 7.80. The molecule has 4 aromatic rings. The van der Waals surface area contributed by atoms with Gasteiger partial charge in [-0.15, -0.1) is 0 Å². The number of carbonyl (C=O) groups is 1. The normalized spacial score (nSPS) is 10.8. The van der Waals surface area contributed by atoms with E-state index in [0.29, 0.717) is 29.6 Å². The molecule has 3 heterocycles. The Balaban J connectivity index is 1.41. The molecule has 7 heteroatoms. The standard InChI is InChI=1S/C22H19ClN4O2/c1-26(13-16-8-9-20(23)24-12-16)22(28)17-5-4-6-19(11-17)29-15-18-14-27-10-3-2-7-21(27)25-18/h2-12,14H,13,15H2,1H3. The molecule has 0 aliphatic carbocycles. The lowest BCUT2D eigenvalue weighted by atomic mass is 10.2. The maximum atomic E-state index is 12.8. The van der Waals surface area contributed by atoms with Gasteiger partial charge >= 0.3 is 0 Å². The van der Waals surface area contributed by atoms with Crippen LogP contribution in [-0.4, -0.2) is 32.2 Å². The number of benzene rings is 1. The van der Waals surface area contributed by atoms with E-state index in [1.807, 2.05) is 53.2 Å². The van der Waals surface area contributed by atoms with E-state index in [2.05, 4.69) is 9.97 Å². The Morgan fingerprint density at radius 2 is 2.07 bits per heavy atom. The Morgan fingerprint density at radius 3 is 2.86 bits per heavy atom. The van der Waals surface area contributed by atoms with Crippen molar-refractivity contribution in [3.8, 4) is 5.75 Å². The largest absolute Gasteiger partial charge is 0.487 e. The minimum Gasteiger partial charge on any atom is -0.487 e. The fourth-order valence-electron chi connectivity index (χ4n) is 3.00. The van der Waals surface area contributed by atoms with Gasteiger partial charge in [-0.1, -0.05) is 29.8 Å². The van der Waals surface area contributed by atoms with E-state index in [9.17, 15) is 4.79 Å². The Bertz CT molecular complexity index is 1110. The molecule has 0 N–H and O–H groups in total. The summed E-state index contributed by atoms with van der Waals surface area (Å²) >= 11 is 5.81. The lowest BCUT2D eigenvalue weighted by Gasteiger charge is -2.17. The number of ether oxygens (including phenoxy) is 1. The van der Waals surface area contributed by atoms with Crippen LogP contribution in [0, 0.1) is 0 Å². The molecule has 1 amide bonds. The predicted octanol–water partition coefficient (Wildman–Crippen LogP) is 4.23. The molecular formula is C22H19ClN4O2. The van der Waals surface area contributed by atoms with Gasteiger partial charge in [-0.2, -0.15) is 0 Å². The van der Waals surface area contributed by atoms with Crippen molar-refractivity contribution in [2.45, 2.75) is 13.2 Å². The number of pyridine rings is 2. The summed E-state index contributed by atoms with van der Waals surface area (Å²) in [6.45, 7) is 0.765. The highest BCUT2D eigenvalue weighted by molar-refractivity contribution is 6.29. The van der Waals surface area contributed by atoms with E-state index in [0.717, 1.165) is 16.9 Å². The molecule has 0 radical (unpaired) electrons. The van der Waals surface area contributed by atoms with Crippen LogP contribution in [0.15, 0.2) is 73.2 Å². The highest BCUT2D eigenvalue weighted by Gasteiger charge is 2.13. The smallest absolute Gasteiger partial charge is 0.254 e. The van der Waals surface area contributed by atoms with Crippen LogP contribution in [0.4, 0.5) is 0 Å². The number of nitrogens with zero attached hydrogens (tertiary/aromatic N) is 4. The molecule has 4 rings (SSSR count). The van der Waals surface area contributed by atoms with Gasteiger partial charge in [0, 0.05) is 37.7 Å². The predicted molar refractivity (Wildman–Crippen MR) is 111 cm³/mol. The van der Waals surface area contributed by atoms with Gasteiger partial charge in [-0.25, -0.2) is 9.97 Å². The third-order valence-corrected chi connectivity index (χ3v) is 4.66. The van der Waals surface area contributed by atoms with Crippen molar-refractivity contribution in [3.63, 3.8) is 0 Å². The first-order valence-corrected chi connectivity index (χ1v) is 9.48. The van der Waals surface area contributed by atoms with Crippen LogP contribution in [0.3, 0.4) is 0 Å². The zero-order valence-corrected chi connectivity index (χ0v) is 16.6. The maximum Gasteiger partial charge on any atom is 0.254 e. The zero-order chi connectivity index (χ0) is 20.2. The molecule has 0 aliphatic rings. The van der Waals surface area contributed by atoms with Gasteiger partial charge in [0.25, 0.3) is 5.91 Å². The number of halogens is 1. The Kier molecular flexibility index (Phi) is 5.44. The molecule has 0 aliphatic heterocycles. The van der Waals surface area contributed by atoms with Gasteiger partial charge in [0.1, 0.15) is 23.2 Å². The van der Waals surface area contributed by atoms with E-state index in [1.165, 1.54) is 0 Å². The van der Waals surface area contributed by atoms with Crippen molar-refractivity contribution in [2.75, 3.05) is 7.05 Å². The van der Waals surface area contributed by atoms with Gasteiger partial charge < -0.3 is 14.0 Å². The summed E-state index contributed by atoms with van der Waals surface area (Å²) in [5.74, 6) is 0.521. The quantitative estimate of drug-likeness (QED) is 0.449. The zero-order valence-electron chi connectivity index (χ0n) is 15.8. The fourth-order valence-corrected chi connectivity index (χ4v) is 3.11. The number of fused-ring (bicyclic) bond motifs is 1. The molecule has 0 spiro atoms. The molecule has 6 nitrogen and oxygen atoms in total. The molecule has 146 valence electrons. The van der Waals surface area contributed by atoms with Crippen LogP contribution in [0.2, 0.25) is 5.15 Å². The van der Waals surface area contributed by atoms with Crippen molar-refractivity contribution in [1.29, 1.82) is 0 Å². The summed E-state index contributed by atoms with van der Waals surface area (Å²) in [5, 5.41) is 0.429. The SMILES string of the molecule is CN(Cc1ccc(Cl)nc1)C(=O)c1cccc(OCc2cn3ccccc3n2)c1. The Morgan fingerprint density at radius 1 is 1.17 bits per heavy atom. The highest BCUT2D eigenvalue weighted by Crippen LogP contribution is 2.17. The average molecular weight is 407 g/mol. The van der Waals surface area contributed by atoms with E-state index < -0.39 is 0 Å². The number of aromatic nitrogens is 3. The first-order chi connectivity index (χ1) is 14.1. The molecule has 3 aromatic heterocycles. The molecule has 0 fully saturated rings. The second-order valence-corrected chi connectivity index (χ2v) is 7.05. The van der Waals surface area contributed by atoms with Crippen molar-refractivity contribution >= 4 is 23.2 Å². The van der Waals surface area contributed by atoms with Crippen molar-refractivity contribution in [1.82, 2.24) is 19.3 Å². The average Bonchev–Trinajstić information content (AvgIpc) is 3.16. The van der Waals surface area contributed by atoms with Gasteiger partial charge in [-0.3, -0.25) is 4.79 Å². The topological polar surface area (TPSA) is 59.7 Å². The van der Waals surface area contributed by atoms with Crippen LogP contribution >= 0.6 is 11.6 Å². The minimum atomic E-state index is -0.0990. The second-order valence-electron chi connectivity index (χ2n) is 6.67. The van der Waals surface area contributed by atoms with Crippen LogP contribution in [0.25, 0.3) is 5.65 Å². The fraction of sp³-hybridized carbons (Fsp3) is 0.136. The molecule has 0 unspecified atom stereocenters. The number of hydrogen-bond acceptors (Lipinski definition) is 4. The van der Waals surface area contributed by atoms with Crippen LogP contribution in [0.1, 0.15) is 21.6 Å². The van der Waals surface area contributed by atoms with E-state index in [1.54, 1.807) is 36.3 Å². The molecule has 0 saturated carbocycles. The van der Waals surface area contributed by atoms with Crippen molar-refractivity contribution in [3.05, 3.63) is 95.2 Å². The van der Waals surface area contributed by atoms with Crippen molar-refractivity contribution < 1.29 is 9.53 Å². The maximum absolute atomic E-state index is 12.8. The minimum absolute atomic E-state index is 0.0990. The van der Waals surface area contributed by atoms with E-state index in [-0.39, 0.29) is 5.91 Å². The summed E-state index contributed by atoms with van der Waals surface area (Å²) in [7, 11) is 1.75. The number of imidazole rings is 1. The number of rotatable bonds is 6. The molecule has 29 heavy (non-hydrogen) atoms. The van der Waals surface area contributed by atoms with Gasteiger partial charge in [0.15, 0.2) is 0 Å². The Hall–Kier alpha value is -3.38. The van der Waals surface area contributed by atoms with Crippen LogP contribution in [-0.2, 0) is 13.2 Å². The first kappa shape index (κ1) is 19.0. The number of amides is 1. The van der Waals surface area contributed by atoms with Gasteiger partial charge in [0.2, 0.25) is 0 Å². The lowest BCUT2D eigenvalue weighted by molar-refractivity contribution is 0.0784.